The van der Waals surface area contributed by atoms with Crippen LogP contribution in [0.25, 0.3) is 33.7 Å². The van der Waals surface area contributed by atoms with Crippen molar-refractivity contribution >= 4 is 22.6 Å². The van der Waals surface area contributed by atoms with E-state index >= 15 is 0 Å². The molecule has 0 aliphatic heterocycles. The Balaban J connectivity index is 1.56. The number of anilines is 1. The quantitative estimate of drug-likeness (QED) is 0.432. The Hall–Kier alpha value is -4.39. The summed E-state index contributed by atoms with van der Waals surface area (Å²) in [6, 6.07) is 21.0. The predicted molar refractivity (Wildman–Crippen MR) is 129 cm³/mol. The second-order valence-electron chi connectivity index (χ2n) is 7.89. The van der Waals surface area contributed by atoms with Gasteiger partial charge in [-0.15, -0.1) is 0 Å². The highest BCUT2D eigenvalue weighted by Gasteiger charge is 2.19. The molecular formula is C26H22N6O. The van der Waals surface area contributed by atoms with Gasteiger partial charge in [0.1, 0.15) is 0 Å². The topological polar surface area (TPSA) is 85.6 Å². The molecule has 0 spiro atoms. The lowest BCUT2D eigenvalue weighted by Crippen LogP contribution is -2.13. The van der Waals surface area contributed by atoms with Crippen LogP contribution < -0.4 is 5.32 Å². The number of carbonyl (C=O) groups excluding carboxylic acids is 1. The van der Waals surface area contributed by atoms with Crippen LogP contribution in [-0.2, 0) is 7.05 Å². The summed E-state index contributed by atoms with van der Waals surface area (Å²) < 4.78 is 1.71. The van der Waals surface area contributed by atoms with Crippen molar-refractivity contribution in [2.24, 2.45) is 7.05 Å². The normalized spacial score (nSPS) is 11.0. The largest absolute Gasteiger partial charge is 0.322 e. The Morgan fingerprint density at radius 1 is 0.909 bits per heavy atom. The summed E-state index contributed by atoms with van der Waals surface area (Å²) in [6.45, 7) is 3.81. The predicted octanol–water partition coefficient (Wildman–Crippen LogP) is 4.96. The number of nitrogens with zero attached hydrogens (tertiary/aromatic N) is 5. The van der Waals surface area contributed by atoms with Gasteiger partial charge in [-0.3, -0.25) is 9.48 Å². The fraction of sp³-hybridized carbons (Fsp3) is 0.115. The third kappa shape index (κ3) is 3.96. The van der Waals surface area contributed by atoms with Crippen LogP contribution >= 0.6 is 0 Å². The summed E-state index contributed by atoms with van der Waals surface area (Å²) in [7, 11) is 1.84. The molecule has 162 valence electrons. The zero-order chi connectivity index (χ0) is 22.9. The van der Waals surface area contributed by atoms with Gasteiger partial charge in [0.15, 0.2) is 11.5 Å². The summed E-state index contributed by atoms with van der Waals surface area (Å²) >= 11 is 0. The fourth-order valence-electron chi connectivity index (χ4n) is 3.90. The van der Waals surface area contributed by atoms with E-state index in [2.05, 4.69) is 20.4 Å². The first-order valence-corrected chi connectivity index (χ1v) is 10.6. The van der Waals surface area contributed by atoms with E-state index in [9.17, 15) is 4.79 Å². The Morgan fingerprint density at radius 3 is 2.48 bits per heavy atom. The smallest absolute Gasteiger partial charge is 0.256 e. The van der Waals surface area contributed by atoms with Gasteiger partial charge in [-0.05, 0) is 38.1 Å². The summed E-state index contributed by atoms with van der Waals surface area (Å²) in [5.41, 5.74) is 5.99. The lowest BCUT2D eigenvalue weighted by Gasteiger charge is -2.10. The molecule has 0 aliphatic carbocycles. The van der Waals surface area contributed by atoms with Gasteiger partial charge in [0.25, 0.3) is 5.91 Å². The van der Waals surface area contributed by atoms with Crippen LogP contribution in [0.4, 0.5) is 5.69 Å². The second kappa shape index (κ2) is 8.27. The van der Waals surface area contributed by atoms with E-state index in [1.807, 2.05) is 87.6 Å². The molecule has 3 aromatic heterocycles. The number of carbonyl (C=O) groups is 1. The molecule has 5 aromatic rings. The van der Waals surface area contributed by atoms with Crippen molar-refractivity contribution in [1.82, 2.24) is 24.7 Å². The maximum Gasteiger partial charge on any atom is 0.256 e. The lowest BCUT2D eigenvalue weighted by molar-refractivity contribution is 0.102. The van der Waals surface area contributed by atoms with E-state index in [0.29, 0.717) is 22.7 Å². The first kappa shape index (κ1) is 20.5. The van der Waals surface area contributed by atoms with Crippen LogP contribution in [0.5, 0.6) is 0 Å². The molecule has 0 radical (unpaired) electrons. The van der Waals surface area contributed by atoms with Crippen LogP contribution in [0.15, 0.2) is 72.9 Å². The number of nitrogens with one attached hydrogen (secondary N) is 1. The van der Waals surface area contributed by atoms with Gasteiger partial charge in [0.05, 0.1) is 22.3 Å². The molecule has 7 heteroatoms. The van der Waals surface area contributed by atoms with Gasteiger partial charge >= 0.3 is 0 Å². The van der Waals surface area contributed by atoms with Crippen LogP contribution in [0.3, 0.4) is 0 Å². The molecular weight excluding hydrogens is 412 g/mol. The number of amides is 1. The Morgan fingerprint density at radius 2 is 1.70 bits per heavy atom. The highest BCUT2D eigenvalue weighted by Crippen LogP contribution is 2.28. The van der Waals surface area contributed by atoms with Gasteiger partial charge in [-0.25, -0.2) is 15.0 Å². The Kier molecular flexibility index (Phi) is 5.14. The molecule has 0 saturated carbocycles. The first-order chi connectivity index (χ1) is 16.0. The summed E-state index contributed by atoms with van der Waals surface area (Å²) in [5, 5.41) is 8.27. The Labute approximate surface area is 191 Å². The molecule has 2 aromatic carbocycles. The molecule has 3 heterocycles. The van der Waals surface area contributed by atoms with Crippen LogP contribution in [0, 0.1) is 13.8 Å². The SMILES string of the molecule is Cc1ccnc(-c2cccc(NC(=O)c3cc(-c4ccccc4)nc4c3c(C)nn4C)c2)n1. The highest BCUT2D eigenvalue weighted by molar-refractivity contribution is 6.13. The number of hydrogen-bond donors (Lipinski definition) is 1. The molecule has 1 amide bonds. The van der Waals surface area contributed by atoms with Gasteiger partial charge < -0.3 is 5.32 Å². The number of hydrogen-bond acceptors (Lipinski definition) is 5. The van der Waals surface area contributed by atoms with Crippen LogP contribution in [0.1, 0.15) is 21.7 Å². The summed E-state index contributed by atoms with van der Waals surface area (Å²) in [6.07, 6.45) is 1.73. The monoisotopic (exact) mass is 434 g/mol. The van der Waals surface area contributed by atoms with E-state index in [1.54, 1.807) is 10.9 Å². The number of aromatic nitrogens is 5. The van der Waals surface area contributed by atoms with Crippen LogP contribution in [-0.4, -0.2) is 30.6 Å². The fourth-order valence-corrected chi connectivity index (χ4v) is 3.90. The van der Waals surface area contributed by atoms with Crippen LogP contribution in [0.2, 0.25) is 0 Å². The average Bonchev–Trinajstić information content (AvgIpc) is 3.12. The third-order valence-corrected chi connectivity index (χ3v) is 5.46. The van der Waals surface area contributed by atoms with Crippen molar-refractivity contribution in [1.29, 1.82) is 0 Å². The number of aryl methyl sites for hydroxylation is 3. The zero-order valence-corrected chi connectivity index (χ0v) is 18.6. The van der Waals surface area contributed by atoms with Crippen molar-refractivity contribution in [3.05, 3.63) is 89.9 Å². The molecule has 1 N–H and O–H groups in total. The van der Waals surface area contributed by atoms with Crippen molar-refractivity contribution in [2.45, 2.75) is 13.8 Å². The molecule has 0 bridgehead atoms. The molecule has 0 aliphatic rings. The Bertz CT molecular complexity index is 1490. The van der Waals surface area contributed by atoms with Gasteiger partial charge in [-0.2, -0.15) is 5.10 Å². The molecule has 0 saturated heterocycles. The lowest BCUT2D eigenvalue weighted by atomic mass is 10.0. The maximum absolute atomic E-state index is 13.5. The average molecular weight is 435 g/mol. The first-order valence-electron chi connectivity index (χ1n) is 10.6. The van der Waals surface area contributed by atoms with E-state index in [-0.39, 0.29) is 5.91 Å². The zero-order valence-electron chi connectivity index (χ0n) is 18.6. The number of benzene rings is 2. The third-order valence-electron chi connectivity index (χ3n) is 5.46. The minimum atomic E-state index is -0.224. The van der Waals surface area contributed by atoms with Gasteiger partial charge in [0, 0.05) is 35.8 Å². The standard InChI is InChI=1S/C26H22N6O/c1-16-12-13-27-24(28-16)19-10-7-11-20(14-19)29-26(33)21-15-22(18-8-5-4-6-9-18)30-25-23(21)17(2)31-32(25)3/h4-15H,1-3H3,(H,29,33). The van der Waals surface area contributed by atoms with Crippen molar-refractivity contribution < 1.29 is 4.79 Å². The van der Waals surface area contributed by atoms with Gasteiger partial charge in [0.2, 0.25) is 0 Å². The maximum atomic E-state index is 13.5. The van der Waals surface area contributed by atoms with E-state index < -0.39 is 0 Å². The summed E-state index contributed by atoms with van der Waals surface area (Å²) in [4.78, 5) is 27.1. The molecule has 7 nitrogen and oxygen atoms in total. The minimum absolute atomic E-state index is 0.224. The van der Waals surface area contributed by atoms with Crippen molar-refractivity contribution in [2.75, 3.05) is 5.32 Å². The molecule has 0 fully saturated rings. The summed E-state index contributed by atoms with van der Waals surface area (Å²) in [5.74, 6) is 0.393. The number of rotatable bonds is 4. The van der Waals surface area contributed by atoms with E-state index in [1.165, 1.54) is 0 Å². The number of pyridine rings is 1. The van der Waals surface area contributed by atoms with E-state index in [0.717, 1.165) is 33.6 Å². The molecule has 0 unspecified atom stereocenters. The number of fused-ring (bicyclic) bond motifs is 1. The molecule has 0 atom stereocenters. The van der Waals surface area contributed by atoms with Gasteiger partial charge in [-0.1, -0.05) is 42.5 Å². The van der Waals surface area contributed by atoms with Crippen molar-refractivity contribution in [3.63, 3.8) is 0 Å². The molecule has 33 heavy (non-hydrogen) atoms. The highest BCUT2D eigenvalue weighted by atomic mass is 16.1. The minimum Gasteiger partial charge on any atom is -0.322 e. The van der Waals surface area contributed by atoms with E-state index in [4.69, 9.17) is 4.98 Å². The molecule has 5 rings (SSSR count). The van der Waals surface area contributed by atoms with Crippen molar-refractivity contribution in [3.8, 4) is 22.6 Å². The second-order valence-corrected chi connectivity index (χ2v) is 7.89.